The van der Waals surface area contributed by atoms with Gasteiger partial charge in [0.25, 0.3) is 5.56 Å². The molecule has 1 aliphatic rings. The molecule has 2 aromatic heterocycles. The highest BCUT2D eigenvalue weighted by Gasteiger charge is 2.36. The van der Waals surface area contributed by atoms with E-state index < -0.39 is 0 Å². The molecule has 0 spiro atoms. The van der Waals surface area contributed by atoms with E-state index in [9.17, 15) is 4.79 Å². The topological polar surface area (TPSA) is 75.6 Å². The first kappa shape index (κ1) is 14.9. The summed E-state index contributed by atoms with van der Waals surface area (Å²) in [6.45, 7) is 0. The maximum absolute atomic E-state index is 12.3. The zero-order chi connectivity index (χ0) is 17.7. The van der Waals surface area contributed by atoms with Gasteiger partial charge in [-0.05, 0) is 17.7 Å². The van der Waals surface area contributed by atoms with Gasteiger partial charge in [0.15, 0.2) is 0 Å². The second kappa shape index (κ2) is 5.56. The summed E-state index contributed by atoms with van der Waals surface area (Å²) < 4.78 is 2.01. The van der Waals surface area contributed by atoms with Gasteiger partial charge in [0.1, 0.15) is 0 Å². The third-order valence-corrected chi connectivity index (χ3v) is 5.11. The number of hydrogen-bond donors (Lipinski definition) is 2. The Bertz CT molecular complexity index is 1160. The van der Waals surface area contributed by atoms with Gasteiger partial charge in [-0.3, -0.25) is 4.79 Å². The Morgan fingerprint density at radius 3 is 2.69 bits per heavy atom. The van der Waals surface area contributed by atoms with E-state index in [0.717, 1.165) is 28.0 Å². The maximum Gasteiger partial charge on any atom is 0.272 e. The lowest BCUT2D eigenvalue weighted by molar-refractivity contribution is 0.601. The largest absolute Gasteiger partial charge is 0.377 e. The van der Waals surface area contributed by atoms with Gasteiger partial charge in [-0.1, -0.05) is 36.4 Å². The van der Waals surface area contributed by atoms with Crippen LogP contribution in [-0.4, -0.2) is 19.7 Å². The second-order valence-corrected chi connectivity index (χ2v) is 6.61. The minimum absolute atomic E-state index is 0.0110. The number of imidazole rings is 1. The van der Waals surface area contributed by atoms with Gasteiger partial charge in [0.05, 0.1) is 29.4 Å². The van der Waals surface area contributed by atoms with Crippen LogP contribution in [0.3, 0.4) is 0 Å². The quantitative estimate of drug-likeness (QED) is 0.587. The number of aromatic amines is 1. The van der Waals surface area contributed by atoms with Gasteiger partial charge in [-0.25, -0.2) is 10.1 Å². The van der Waals surface area contributed by atoms with E-state index in [4.69, 9.17) is 0 Å². The predicted octanol–water partition coefficient (Wildman–Crippen LogP) is 2.96. The van der Waals surface area contributed by atoms with Crippen LogP contribution in [0.25, 0.3) is 10.8 Å². The normalized spacial score (nSPS) is 18.7. The fraction of sp³-hybridized carbons (Fsp3) is 0.150. The number of rotatable bonds is 2. The number of nitrogens with zero attached hydrogens (tertiary/aromatic N) is 3. The summed E-state index contributed by atoms with van der Waals surface area (Å²) in [6.07, 6.45) is 3.66. The Labute approximate surface area is 149 Å². The molecule has 0 saturated heterocycles. The third kappa shape index (κ3) is 2.08. The molecule has 5 rings (SSSR count). The number of H-pyrrole nitrogens is 1. The minimum Gasteiger partial charge on any atom is -0.377 e. The van der Waals surface area contributed by atoms with Crippen LogP contribution >= 0.6 is 0 Å². The first-order valence-electron chi connectivity index (χ1n) is 8.53. The zero-order valence-electron chi connectivity index (χ0n) is 14.2. The molecule has 128 valence electrons. The highest BCUT2D eigenvalue weighted by atomic mass is 16.1. The highest BCUT2D eigenvalue weighted by molar-refractivity contribution is 5.97. The number of hydrogen-bond acceptors (Lipinski definition) is 4. The molecule has 2 atom stereocenters. The summed E-state index contributed by atoms with van der Waals surface area (Å²) in [4.78, 5) is 16.6. The van der Waals surface area contributed by atoms with Crippen molar-refractivity contribution >= 4 is 16.5 Å². The van der Waals surface area contributed by atoms with Gasteiger partial charge in [-0.2, -0.15) is 5.10 Å². The molecule has 4 aromatic rings. The Kier molecular flexibility index (Phi) is 3.18. The van der Waals surface area contributed by atoms with Crippen molar-refractivity contribution in [2.75, 3.05) is 5.32 Å². The summed E-state index contributed by atoms with van der Waals surface area (Å²) in [5.74, 6) is -0.0702. The molecule has 0 amide bonds. The molecule has 0 saturated carbocycles. The van der Waals surface area contributed by atoms with Crippen molar-refractivity contribution in [3.05, 3.63) is 88.4 Å². The van der Waals surface area contributed by atoms with Crippen LogP contribution < -0.4 is 10.9 Å². The van der Waals surface area contributed by atoms with Crippen molar-refractivity contribution in [2.45, 2.75) is 12.0 Å². The van der Waals surface area contributed by atoms with E-state index in [1.54, 1.807) is 6.33 Å². The van der Waals surface area contributed by atoms with Gasteiger partial charge >= 0.3 is 0 Å². The standard InChI is InChI=1S/C20H17N5O/c1-25-11-21-10-15(25)17-18(12-6-3-2-4-7-12)22-14-9-5-8-13-16(14)19(17)23-24-20(13)26/h2-11,17-18,22H,1H3,(H,24,26). The maximum atomic E-state index is 12.3. The first-order valence-corrected chi connectivity index (χ1v) is 8.53. The SMILES string of the molecule is Cn1cncc1C1c2n[nH]c(=O)c3cccc(c23)NC1c1ccccc1. The summed E-state index contributed by atoms with van der Waals surface area (Å²) in [5.41, 5.74) is 3.83. The molecule has 2 N–H and O–H groups in total. The van der Waals surface area contributed by atoms with E-state index >= 15 is 0 Å². The van der Waals surface area contributed by atoms with Crippen LogP contribution in [-0.2, 0) is 7.05 Å². The molecule has 1 aliphatic heterocycles. The minimum atomic E-state index is -0.172. The molecule has 6 heteroatoms. The molecular formula is C20H17N5O. The molecular weight excluding hydrogens is 326 g/mol. The van der Waals surface area contributed by atoms with Crippen LogP contribution in [0.15, 0.2) is 65.8 Å². The number of benzene rings is 2. The van der Waals surface area contributed by atoms with Crippen molar-refractivity contribution in [3.8, 4) is 0 Å². The summed E-state index contributed by atoms with van der Waals surface area (Å²) in [6, 6.07) is 16.0. The number of anilines is 1. The molecule has 2 unspecified atom stereocenters. The summed E-state index contributed by atoms with van der Waals surface area (Å²) in [5, 5.41) is 12.3. The Morgan fingerprint density at radius 2 is 1.92 bits per heavy atom. The third-order valence-electron chi connectivity index (χ3n) is 5.11. The van der Waals surface area contributed by atoms with E-state index in [2.05, 4.69) is 32.6 Å². The Balaban J connectivity index is 1.83. The van der Waals surface area contributed by atoms with E-state index in [1.807, 2.05) is 54.2 Å². The van der Waals surface area contributed by atoms with Crippen molar-refractivity contribution < 1.29 is 0 Å². The van der Waals surface area contributed by atoms with Crippen LogP contribution in [0.1, 0.15) is 28.9 Å². The average Bonchev–Trinajstić information content (AvgIpc) is 3.10. The van der Waals surface area contributed by atoms with Crippen molar-refractivity contribution in [3.63, 3.8) is 0 Å². The lowest BCUT2D eigenvalue weighted by Crippen LogP contribution is -2.29. The molecule has 3 heterocycles. The van der Waals surface area contributed by atoms with E-state index in [1.165, 1.54) is 0 Å². The molecule has 6 nitrogen and oxygen atoms in total. The first-order chi connectivity index (χ1) is 12.7. The van der Waals surface area contributed by atoms with Crippen LogP contribution in [0.2, 0.25) is 0 Å². The molecule has 26 heavy (non-hydrogen) atoms. The van der Waals surface area contributed by atoms with Crippen molar-refractivity contribution in [1.29, 1.82) is 0 Å². The van der Waals surface area contributed by atoms with E-state index in [0.29, 0.717) is 5.39 Å². The molecule has 2 aromatic carbocycles. The molecule has 0 fully saturated rings. The van der Waals surface area contributed by atoms with Gasteiger partial charge in [0.2, 0.25) is 0 Å². The fourth-order valence-electron chi connectivity index (χ4n) is 3.91. The van der Waals surface area contributed by atoms with Gasteiger partial charge < -0.3 is 9.88 Å². The van der Waals surface area contributed by atoms with Crippen molar-refractivity contribution in [2.24, 2.45) is 7.05 Å². The summed E-state index contributed by atoms with van der Waals surface area (Å²) in [7, 11) is 1.98. The molecule has 0 bridgehead atoms. The van der Waals surface area contributed by atoms with Crippen molar-refractivity contribution in [1.82, 2.24) is 19.7 Å². The van der Waals surface area contributed by atoms with E-state index in [-0.39, 0.29) is 17.5 Å². The Hall–Kier alpha value is -3.41. The van der Waals surface area contributed by atoms with Crippen LogP contribution in [0, 0.1) is 0 Å². The van der Waals surface area contributed by atoms with Crippen LogP contribution in [0.4, 0.5) is 5.69 Å². The number of aryl methyl sites for hydroxylation is 1. The number of nitrogens with one attached hydrogen (secondary N) is 2. The fourth-order valence-corrected chi connectivity index (χ4v) is 3.91. The lowest BCUT2D eigenvalue weighted by Gasteiger charge is -2.34. The smallest absolute Gasteiger partial charge is 0.272 e. The van der Waals surface area contributed by atoms with Crippen LogP contribution in [0.5, 0.6) is 0 Å². The van der Waals surface area contributed by atoms with Gasteiger partial charge in [0, 0.05) is 30.0 Å². The second-order valence-electron chi connectivity index (χ2n) is 6.61. The molecule has 0 radical (unpaired) electrons. The monoisotopic (exact) mass is 343 g/mol. The van der Waals surface area contributed by atoms with Gasteiger partial charge in [-0.15, -0.1) is 0 Å². The number of aromatic nitrogens is 4. The lowest BCUT2D eigenvalue weighted by atomic mass is 9.82. The highest BCUT2D eigenvalue weighted by Crippen LogP contribution is 2.45. The Morgan fingerprint density at radius 1 is 1.08 bits per heavy atom. The predicted molar refractivity (Wildman–Crippen MR) is 100 cm³/mol. The molecule has 0 aliphatic carbocycles. The average molecular weight is 343 g/mol. The summed E-state index contributed by atoms with van der Waals surface area (Å²) >= 11 is 0. The zero-order valence-corrected chi connectivity index (χ0v) is 14.2.